The van der Waals surface area contributed by atoms with Gasteiger partial charge in [0.15, 0.2) is 0 Å². The quantitative estimate of drug-likeness (QED) is 0.800. The van der Waals surface area contributed by atoms with Crippen molar-refractivity contribution in [2.75, 3.05) is 11.4 Å². The standard InChI is InChI=1S/C15H18ClN3/c1-2-3-10-19(15-11-17-8-9-18-15)12-13-4-6-14(16)7-5-13/h4-9,11H,2-3,10,12H2,1H3. The van der Waals surface area contributed by atoms with E-state index in [0.717, 1.165) is 36.8 Å². The lowest BCUT2D eigenvalue weighted by Gasteiger charge is -2.23. The van der Waals surface area contributed by atoms with Crippen LogP contribution in [-0.4, -0.2) is 16.5 Å². The minimum Gasteiger partial charge on any atom is -0.351 e. The number of aromatic nitrogens is 2. The molecule has 2 rings (SSSR count). The molecule has 0 saturated heterocycles. The monoisotopic (exact) mass is 275 g/mol. The summed E-state index contributed by atoms with van der Waals surface area (Å²) in [5.41, 5.74) is 1.23. The van der Waals surface area contributed by atoms with Crippen LogP contribution in [0.3, 0.4) is 0 Å². The highest BCUT2D eigenvalue weighted by Gasteiger charge is 2.08. The van der Waals surface area contributed by atoms with Gasteiger partial charge in [-0.3, -0.25) is 4.98 Å². The molecule has 1 aromatic heterocycles. The van der Waals surface area contributed by atoms with Gasteiger partial charge in [-0.1, -0.05) is 37.1 Å². The zero-order valence-corrected chi connectivity index (χ0v) is 11.8. The summed E-state index contributed by atoms with van der Waals surface area (Å²) in [6.07, 6.45) is 7.55. The Morgan fingerprint density at radius 2 is 1.95 bits per heavy atom. The van der Waals surface area contributed by atoms with E-state index < -0.39 is 0 Å². The van der Waals surface area contributed by atoms with Gasteiger partial charge in [0.1, 0.15) is 5.82 Å². The Balaban J connectivity index is 2.11. The fourth-order valence-electron chi connectivity index (χ4n) is 1.89. The summed E-state index contributed by atoms with van der Waals surface area (Å²) in [5, 5.41) is 0.767. The molecule has 1 heterocycles. The molecule has 0 atom stereocenters. The number of benzene rings is 1. The predicted octanol–water partition coefficient (Wildman–Crippen LogP) is 3.94. The lowest BCUT2D eigenvalue weighted by molar-refractivity contribution is 0.706. The van der Waals surface area contributed by atoms with Crippen LogP contribution in [0.25, 0.3) is 0 Å². The van der Waals surface area contributed by atoms with Gasteiger partial charge in [-0.15, -0.1) is 0 Å². The number of halogens is 1. The number of anilines is 1. The lowest BCUT2D eigenvalue weighted by atomic mass is 10.2. The van der Waals surface area contributed by atoms with E-state index in [0.29, 0.717) is 0 Å². The van der Waals surface area contributed by atoms with Crippen molar-refractivity contribution in [1.29, 1.82) is 0 Å². The molecule has 19 heavy (non-hydrogen) atoms. The van der Waals surface area contributed by atoms with Gasteiger partial charge in [0.25, 0.3) is 0 Å². The molecule has 0 spiro atoms. The van der Waals surface area contributed by atoms with Crippen molar-refractivity contribution in [2.24, 2.45) is 0 Å². The van der Waals surface area contributed by atoms with Gasteiger partial charge in [0, 0.05) is 30.5 Å². The Morgan fingerprint density at radius 1 is 1.16 bits per heavy atom. The normalized spacial score (nSPS) is 10.4. The Labute approximate surface area is 119 Å². The molecular formula is C15H18ClN3. The van der Waals surface area contributed by atoms with Gasteiger partial charge in [-0.2, -0.15) is 0 Å². The van der Waals surface area contributed by atoms with E-state index in [1.807, 2.05) is 18.3 Å². The van der Waals surface area contributed by atoms with Crippen molar-refractivity contribution < 1.29 is 0 Å². The number of unbranched alkanes of at least 4 members (excludes halogenated alkanes) is 1. The lowest BCUT2D eigenvalue weighted by Crippen LogP contribution is -2.24. The molecule has 0 saturated carbocycles. The third kappa shape index (κ3) is 4.21. The first-order chi connectivity index (χ1) is 9.29. The largest absolute Gasteiger partial charge is 0.351 e. The average molecular weight is 276 g/mol. The summed E-state index contributed by atoms with van der Waals surface area (Å²) < 4.78 is 0. The summed E-state index contributed by atoms with van der Waals surface area (Å²) in [6.45, 7) is 4.00. The molecule has 0 fully saturated rings. The van der Waals surface area contributed by atoms with E-state index >= 15 is 0 Å². The molecule has 2 aromatic rings. The smallest absolute Gasteiger partial charge is 0.147 e. The Morgan fingerprint density at radius 3 is 2.58 bits per heavy atom. The molecular weight excluding hydrogens is 258 g/mol. The van der Waals surface area contributed by atoms with Crippen molar-refractivity contribution >= 4 is 17.4 Å². The van der Waals surface area contributed by atoms with Crippen LogP contribution in [0.1, 0.15) is 25.3 Å². The zero-order valence-electron chi connectivity index (χ0n) is 11.1. The third-order valence-corrected chi connectivity index (χ3v) is 3.19. The molecule has 0 N–H and O–H groups in total. The topological polar surface area (TPSA) is 29.0 Å². The van der Waals surface area contributed by atoms with Gasteiger partial charge < -0.3 is 4.90 Å². The molecule has 0 unspecified atom stereocenters. The van der Waals surface area contributed by atoms with Crippen LogP contribution < -0.4 is 4.90 Å². The highest BCUT2D eigenvalue weighted by atomic mass is 35.5. The van der Waals surface area contributed by atoms with E-state index in [1.165, 1.54) is 5.56 Å². The number of nitrogens with zero attached hydrogens (tertiary/aromatic N) is 3. The van der Waals surface area contributed by atoms with Crippen LogP contribution in [0.5, 0.6) is 0 Å². The number of hydrogen-bond acceptors (Lipinski definition) is 3. The van der Waals surface area contributed by atoms with Crippen molar-refractivity contribution in [2.45, 2.75) is 26.3 Å². The van der Waals surface area contributed by atoms with Crippen LogP contribution in [-0.2, 0) is 6.54 Å². The molecule has 0 aliphatic rings. The molecule has 0 aliphatic heterocycles. The van der Waals surface area contributed by atoms with Crippen molar-refractivity contribution in [3.05, 3.63) is 53.4 Å². The van der Waals surface area contributed by atoms with Gasteiger partial charge in [-0.25, -0.2) is 4.98 Å². The number of hydrogen-bond donors (Lipinski definition) is 0. The molecule has 1 aromatic carbocycles. The maximum atomic E-state index is 5.91. The second-order valence-corrected chi connectivity index (χ2v) is 4.90. The maximum Gasteiger partial charge on any atom is 0.147 e. The first-order valence-corrected chi connectivity index (χ1v) is 6.93. The summed E-state index contributed by atoms with van der Waals surface area (Å²) in [6, 6.07) is 7.95. The van der Waals surface area contributed by atoms with Crippen LogP contribution in [0, 0.1) is 0 Å². The SMILES string of the molecule is CCCCN(Cc1ccc(Cl)cc1)c1cnccn1. The zero-order chi connectivity index (χ0) is 13.5. The van der Waals surface area contributed by atoms with Crippen LogP contribution >= 0.6 is 11.6 Å². The Bertz CT molecular complexity index is 485. The van der Waals surface area contributed by atoms with Crippen LogP contribution in [0.4, 0.5) is 5.82 Å². The third-order valence-electron chi connectivity index (χ3n) is 2.94. The molecule has 0 amide bonds. The van der Waals surface area contributed by atoms with Gasteiger partial charge in [0.2, 0.25) is 0 Å². The fourth-order valence-corrected chi connectivity index (χ4v) is 2.01. The van der Waals surface area contributed by atoms with E-state index in [-0.39, 0.29) is 0 Å². The minimum atomic E-state index is 0.767. The first-order valence-electron chi connectivity index (χ1n) is 6.55. The molecule has 0 radical (unpaired) electrons. The van der Waals surface area contributed by atoms with Crippen molar-refractivity contribution in [3.63, 3.8) is 0 Å². The molecule has 0 aliphatic carbocycles. The summed E-state index contributed by atoms with van der Waals surface area (Å²) in [7, 11) is 0. The highest BCUT2D eigenvalue weighted by Crippen LogP contribution is 2.16. The van der Waals surface area contributed by atoms with Gasteiger partial charge in [0.05, 0.1) is 6.20 Å². The Hall–Kier alpha value is -1.61. The van der Waals surface area contributed by atoms with Crippen LogP contribution in [0.2, 0.25) is 5.02 Å². The predicted molar refractivity (Wildman–Crippen MR) is 79.4 cm³/mol. The van der Waals surface area contributed by atoms with Gasteiger partial charge in [-0.05, 0) is 24.1 Å². The van der Waals surface area contributed by atoms with E-state index in [4.69, 9.17) is 11.6 Å². The van der Waals surface area contributed by atoms with Crippen molar-refractivity contribution in [1.82, 2.24) is 9.97 Å². The van der Waals surface area contributed by atoms with E-state index in [1.54, 1.807) is 12.4 Å². The molecule has 4 heteroatoms. The van der Waals surface area contributed by atoms with Crippen LogP contribution in [0.15, 0.2) is 42.9 Å². The minimum absolute atomic E-state index is 0.767. The second kappa shape index (κ2) is 7.10. The average Bonchev–Trinajstić information content (AvgIpc) is 2.46. The summed E-state index contributed by atoms with van der Waals surface area (Å²) in [4.78, 5) is 10.8. The number of rotatable bonds is 6. The Kier molecular flexibility index (Phi) is 5.16. The van der Waals surface area contributed by atoms with Gasteiger partial charge >= 0.3 is 0 Å². The van der Waals surface area contributed by atoms with Crippen molar-refractivity contribution in [3.8, 4) is 0 Å². The summed E-state index contributed by atoms with van der Waals surface area (Å²) >= 11 is 5.91. The van der Waals surface area contributed by atoms with E-state index in [2.05, 4.69) is 33.9 Å². The fraction of sp³-hybridized carbons (Fsp3) is 0.333. The summed E-state index contributed by atoms with van der Waals surface area (Å²) in [5.74, 6) is 0.922. The highest BCUT2D eigenvalue weighted by molar-refractivity contribution is 6.30. The molecule has 100 valence electrons. The second-order valence-electron chi connectivity index (χ2n) is 4.47. The maximum absolute atomic E-state index is 5.91. The first kappa shape index (κ1) is 13.8. The van der Waals surface area contributed by atoms with E-state index in [9.17, 15) is 0 Å². The molecule has 0 bridgehead atoms. The molecule has 3 nitrogen and oxygen atoms in total.